The van der Waals surface area contributed by atoms with Crippen LogP contribution in [0.3, 0.4) is 0 Å². The zero-order valence-corrected chi connectivity index (χ0v) is 12.5. The average molecular weight is 320 g/mol. The van der Waals surface area contributed by atoms with E-state index in [-0.39, 0.29) is 12.3 Å². The predicted octanol–water partition coefficient (Wildman–Crippen LogP) is 2.41. The maximum absolute atomic E-state index is 12.0. The second-order valence-electron chi connectivity index (χ2n) is 4.43. The highest BCUT2D eigenvalue weighted by Crippen LogP contribution is 2.28. The normalized spacial score (nSPS) is 17.9. The Kier molecular flexibility index (Phi) is 4.76. The second-order valence-corrected chi connectivity index (χ2v) is 7.45. The SMILES string of the molecule is O=C(Cc1ccc(Cl)s1)NC1(C(=O)O)CCSCC1. The molecule has 2 rings (SSSR count). The lowest BCUT2D eigenvalue weighted by Crippen LogP contribution is -2.56. The molecule has 1 aromatic heterocycles. The molecule has 2 N–H and O–H groups in total. The van der Waals surface area contributed by atoms with Crippen LogP contribution in [0.5, 0.6) is 0 Å². The van der Waals surface area contributed by atoms with E-state index >= 15 is 0 Å². The fourth-order valence-corrected chi connectivity index (χ4v) is 4.30. The van der Waals surface area contributed by atoms with E-state index in [0.29, 0.717) is 17.2 Å². The second kappa shape index (κ2) is 6.15. The third-order valence-corrected chi connectivity index (χ3v) is 5.31. The van der Waals surface area contributed by atoms with Crippen LogP contribution < -0.4 is 5.32 Å². The van der Waals surface area contributed by atoms with Gasteiger partial charge in [0.25, 0.3) is 0 Å². The van der Waals surface area contributed by atoms with Crippen molar-refractivity contribution in [3.63, 3.8) is 0 Å². The van der Waals surface area contributed by atoms with Gasteiger partial charge in [-0.2, -0.15) is 11.8 Å². The fourth-order valence-electron chi connectivity index (χ4n) is 2.03. The first-order valence-electron chi connectivity index (χ1n) is 5.88. The smallest absolute Gasteiger partial charge is 0.329 e. The number of aliphatic carboxylic acids is 1. The molecule has 0 aliphatic carbocycles. The minimum atomic E-state index is -1.09. The summed E-state index contributed by atoms with van der Waals surface area (Å²) in [5, 5.41) is 12.1. The Labute approximate surface area is 124 Å². The van der Waals surface area contributed by atoms with E-state index in [4.69, 9.17) is 11.6 Å². The van der Waals surface area contributed by atoms with Crippen molar-refractivity contribution in [2.45, 2.75) is 24.8 Å². The number of nitrogens with one attached hydrogen (secondary N) is 1. The lowest BCUT2D eigenvalue weighted by atomic mass is 9.92. The minimum absolute atomic E-state index is 0.180. The number of thiophene rings is 1. The highest BCUT2D eigenvalue weighted by atomic mass is 35.5. The van der Waals surface area contributed by atoms with E-state index in [1.54, 1.807) is 23.9 Å². The third kappa shape index (κ3) is 3.64. The molecule has 1 aromatic rings. The molecular weight excluding hydrogens is 306 g/mol. The van der Waals surface area contributed by atoms with Crippen LogP contribution in [-0.4, -0.2) is 34.0 Å². The van der Waals surface area contributed by atoms with Gasteiger partial charge in [-0.1, -0.05) is 11.6 Å². The van der Waals surface area contributed by atoms with Crippen molar-refractivity contribution in [2.24, 2.45) is 0 Å². The highest BCUT2D eigenvalue weighted by molar-refractivity contribution is 7.99. The molecule has 2 heterocycles. The third-order valence-electron chi connectivity index (χ3n) is 3.10. The van der Waals surface area contributed by atoms with Crippen molar-refractivity contribution in [3.05, 3.63) is 21.3 Å². The van der Waals surface area contributed by atoms with E-state index in [1.165, 1.54) is 11.3 Å². The molecule has 104 valence electrons. The van der Waals surface area contributed by atoms with E-state index in [2.05, 4.69) is 5.32 Å². The van der Waals surface area contributed by atoms with Crippen LogP contribution >= 0.6 is 34.7 Å². The van der Waals surface area contributed by atoms with Gasteiger partial charge in [-0.05, 0) is 36.5 Å². The van der Waals surface area contributed by atoms with Gasteiger partial charge in [-0.15, -0.1) is 11.3 Å². The van der Waals surface area contributed by atoms with Gasteiger partial charge in [0, 0.05) is 4.88 Å². The maximum Gasteiger partial charge on any atom is 0.329 e. The van der Waals surface area contributed by atoms with Crippen LogP contribution in [0.2, 0.25) is 4.34 Å². The lowest BCUT2D eigenvalue weighted by Gasteiger charge is -2.33. The average Bonchev–Trinajstić information content (AvgIpc) is 2.75. The van der Waals surface area contributed by atoms with Gasteiger partial charge in [0.05, 0.1) is 10.8 Å². The molecular formula is C12H14ClNO3S2. The Morgan fingerprint density at radius 1 is 1.37 bits per heavy atom. The molecule has 0 saturated carbocycles. The molecule has 0 spiro atoms. The summed E-state index contributed by atoms with van der Waals surface area (Å²) in [6, 6.07) is 3.52. The molecule has 1 amide bonds. The highest BCUT2D eigenvalue weighted by Gasteiger charge is 2.41. The zero-order chi connectivity index (χ0) is 13.9. The quantitative estimate of drug-likeness (QED) is 0.894. The number of thioether (sulfide) groups is 1. The fraction of sp³-hybridized carbons (Fsp3) is 0.500. The van der Waals surface area contributed by atoms with Gasteiger partial charge in [0.1, 0.15) is 5.54 Å². The molecule has 1 aliphatic heterocycles. The first-order chi connectivity index (χ1) is 9.02. The molecule has 19 heavy (non-hydrogen) atoms. The largest absolute Gasteiger partial charge is 0.480 e. The summed E-state index contributed by atoms with van der Waals surface area (Å²) in [4.78, 5) is 24.2. The van der Waals surface area contributed by atoms with Crippen LogP contribution in [-0.2, 0) is 16.0 Å². The number of carboxylic acid groups (broad SMARTS) is 1. The Bertz CT molecular complexity index is 483. The minimum Gasteiger partial charge on any atom is -0.480 e. The van der Waals surface area contributed by atoms with Crippen LogP contribution in [0.15, 0.2) is 12.1 Å². The number of carbonyl (C=O) groups excluding carboxylic acids is 1. The van der Waals surface area contributed by atoms with Gasteiger partial charge in [0.15, 0.2) is 0 Å². The zero-order valence-electron chi connectivity index (χ0n) is 10.1. The number of hydrogen-bond acceptors (Lipinski definition) is 4. The van der Waals surface area contributed by atoms with Crippen molar-refractivity contribution in [1.82, 2.24) is 5.32 Å². The van der Waals surface area contributed by atoms with E-state index < -0.39 is 11.5 Å². The number of rotatable bonds is 4. The summed E-state index contributed by atoms with van der Waals surface area (Å²) < 4.78 is 0.629. The van der Waals surface area contributed by atoms with Crippen molar-refractivity contribution in [2.75, 3.05) is 11.5 Å². The Morgan fingerprint density at radius 2 is 2.05 bits per heavy atom. The van der Waals surface area contributed by atoms with Crippen molar-refractivity contribution in [3.8, 4) is 0 Å². The number of carboxylic acids is 1. The van der Waals surface area contributed by atoms with Gasteiger partial charge in [-0.3, -0.25) is 4.79 Å². The first-order valence-corrected chi connectivity index (χ1v) is 8.23. The molecule has 0 bridgehead atoms. The van der Waals surface area contributed by atoms with Crippen LogP contribution in [0.4, 0.5) is 0 Å². The summed E-state index contributed by atoms with van der Waals surface area (Å²) in [7, 11) is 0. The summed E-state index contributed by atoms with van der Waals surface area (Å²) in [6.07, 6.45) is 1.13. The van der Waals surface area contributed by atoms with Crippen molar-refractivity contribution >= 4 is 46.6 Å². The standard InChI is InChI=1S/C12H14ClNO3S2/c13-9-2-1-8(19-9)7-10(15)14-12(11(16)17)3-5-18-6-4-12/h1-2H,3-7H2,(H,14,15)(H,16,17). The monoisotopic (exact) mass is 319 g/mol. The number of halogens is 1. The summed E-state index contributed by atoms with van der Waals surface area (Å²) in [6.45, 7) is 0. The summed E-state index contributed by atoms with van der Waals surface area (Å²) >= 11 is 8.86. The van der Waals surface area contributed by atoms with Gasteiger partial charge in [0.2, 0.25) is 5.91 Å². The number of carbonyl (C=O) groups is 2. The molecule has 1 fully saturated rings. The lowest BCUT2D eigenvalue weighted by molar-refractivity contribution is -0.148. The van der Waals surface area contributed by atoms with Crippen LogP contribution in [0, 0.1) is 0 Å². The van der Waals surface area contributed by atoms with Gasteiger partial charge < -0.3 is 10.4 Å². The molecule has 0 aromatic carbocycles. The molecule has 1 saturated heterocycles. The van der Waals surface area contributed by atoms with Gasteiger partial charge in [-0.25, -0.2) is 4.79 Å². The first kappa shape index (κ1) is 14.7. The molecule has 0 radical (unpaired) electrons. The molecule has 0 atom stereocenters. The molecule has 7 heteroatoms. The number of amides is 1. The Morgan fingerprint density at radius 3 is 2.58 bits per heavy atom. The topological polar surface area (TPSA) is 66.4 Å². The van der Waals surface area contributed by atoms with Crippen LogP contribution in [0.25, 0.3) is 0 Å². The van der Waals surface area contributed by atoms with Crippen molar-refractivity contribution < 1.29 is 14.7 Å². The van der Waals surface area contributed by atoms with Gasteiger partial charge >= 0.3 is 5.97 Å². The Hall–Kier alpha value is -0.720. The summed E-state index contributed by atoms with van der Waals surface area (Å²) in [5.74, 6) is 0.327. The number of hydrogen-bond donors (Lipinski definition) is 2. The van der Waals surface area contributed by atoms with E-state index in [0.717, 1.165) is 16.4 Å². The van der Waals surface area contributed by atoms with E-state index in [9.17, 15) is 14.7 Å². The van der Waals surface area contributed by atoms with E-state index in [1.807, 2.05) is 0 Å². The van der Waals surface area contributed by atoms with Crippen LogP contribution in [0.1, 0.15) is 17.7 Å². The summed E-state index contributed by atoms with van der Waals surface area (Å²) in [5.41, 5.74) is -1.09. The Balaban J connectivity index is 2.01. The molecule has 4 nitrogen and oxygen atoms in total. The molecule has 0 unspecified atom stereocenters. The molecule has 1 aliphatic rings. The predicted molar refractivity (Wildman–Crippen MR) is 78.1 cm³/mol. The maximum atomic E-state index is 12.0. The van der Waals surface area contributed by atoms with Crippen molar-refractivity contribution in [1.29, 1.82) is 0 Å².